The molecule has 0 aliphatic carbocycles. The first-order valence-electron chi connectivity index (χ1n) is 5.64. The molecule has 1 unspecified atom stereocenters. The number of halogens is 1. The van der Waals surface area contributed by atoms with Crippen molar-refractivity contribution in [3.8, 4) is 0 Å². The van der Waals surface area contributed by atoms with Gasteiger partial charge in [0.1, 0.15) is 6.10 Å². The van der Waals surface area contributed by atoms with Crippen molar-refractivity contribution >= 4 is 18.1 Å². The van der Waals surface area contributed by atoms with Crippen LogP contribution in [0.15, 0.2) is 35.5 Å². The average molecular weight is 255 g/mol. The fourth-order valence-corrected chi connectivity index (χ4v) is 1.93. The fraction of sp³-hybridized carbons (Fsp3) is 0.462. The molecule has 0 saturated carbocycles. The molecule has 1 aromatic carbocycles. The summed E-state index contributed by atoms with van der Waals surface area (Å²) in [4.78, 5) is 7.53. The van der Waals surface area contributed by atoms with Crippen molar-refractivity contribution in [2.75, 3.05) is 20.6 Å². The van der Waals surface area contributed by atoms with Gasteiger partial charge in [0.2, 0.25) is 0 Å². The van der Waals surface area contributed by atoms with Crippen molar-refractivity contribution < 1.29 is 4.84 Å². The highest BCUT2D eigenvalue weighted by Crippen LogP contribution is 2.14. The van der Waals surface area contributed by atoms with Crippen LogP contribution in [0.5, 0.6) is 0 Å². The van der Waals surface area contributed by atoms with Gasteiger partial charge >= 0.3 is 0 Å². The van der Waals surface area contributed by atoms with Crippen LogP contribution in [0.25, 0.3) is 0 Å². The molecule has 1 atom stereocenters. The first-order valence-corrected chi connectivity index (χ1v) is 5.64. The molecule has 1 aliphatic rings. The summed E-state index contributed by atoms with van der Waals surface area (Å²) in [5, 5.41) is 4.16. The van der Waals surface area contributed by atoms with Crippen molar-refractivity contribution in [1.82, 2.24) is 4.90 Å². The van der Waals surface area contributed by atoms with Crippen LogP contribution in [0.3, 0.4) is 0 Å². The van der Waals surface area contributed by atoms with E-state index in [-0.39, 0.29) is 18.5 Å². The second-order valence-electron chi connectivity index (χ2n) is 4.51. The Balaban J connectivity index is 0.00000144. The molecule has 0 radical (unpaired) electrons. The second-order valence-corrected chi connectivity index (χ2v) is 4.51. The van der Waals surface area contributed by atoms with Gasteiger partial charge in [-0.05, 0) is 19.7 Å². The van der Waals surface area contributed by atoms with E-state index in [1.807, 2.05) is 6.07 Å². The highest BCUT2D eigenvalue weighted by molar-refractivity contribution is 5.87. The standard InChI is InChI=1S/C13H18N2O.ClH/c1-15(2)10-13-9-12(14-16-13)8-11-6-4-3-5-7-11;/h3-7,13H,8-10H2,1-2H3;1H. The first-order chi connectivity index (χ1) is 7.74. The molecular weight excluding hydrogens is 236 g/mol. The molecular formula is C13H19ClN2O. The number of oxime groups is 1. The molecule has 1 aromatic rings. The minimum Gasteiger partial charge on any atom is -0.391 e. The van der Waals surface area contributed by atoms with E-state index in [4.69, 9.17) is 4.84 Å². The van der Waals surface area contributed by atoms with Gasteiger partial charge < -0.3 is 9.74 Å². The number of hydrogen-bond acceptors (Lipinski definition) is 3. The molecule has 3 nitrogen and oxygen atoms in total. The Hall–Kier alpha value is -1.06. The molecule has 4 heteroatoms. The maximum atomic E-state index is 5.39. The Morgan fingerprint density at radius 2 is 2.00 bits per heavy atom. The topological polar surface area (TPSA) is 24.8 Å². The molecule has 0 spiro atoms. The van der Waals surface area contributed by atoms with E-state index < -0.39 is 0 Å². The Bertz CT molecular complexity index is 365. The molecule has 0 N–H and O–H groups in total. The van der Waals surface area contributed by atoms with E-state index in [0.717, 1.165) is 25.1 Å². The number of likely N-dealkylation sites (N-methyl/N-ethyl adjacent to an activating group) is 1. The third-order valence-electron chi connectivity index (χ3n) is 2.61. The van der Waals surface area contributed by atoms with Crippen molar-refractivity contribution in [3.05, 3.63) is 35.9 Å². The summed E-state index contributed by atoms with van der Waals surface area (Å²) in [6.45, 7) is 0.932. The van der Waals surface area contributed by atoms with Crippen LogP contribution in [0.2, 0.25) is 0 Å². The van der Waals surface area contributed by atoms with Crippen LogP contribution in [0, 0.1) is 0 Å². The van der Waals surface area contributed by atoms with Crippen LogP contribution >= 0.6 is 12.4 Å². The van der Waals surface area contributed by atoms with Gasteiger partial charge in [-0.25, -0.2) is 0 Å². The number of hydrogen-bond donors (Lipinski definition) is 0. The van der Waals surface area contributed by atoms with Gasteiger partial charge in [0, 0.05) is 19.4 Å². The summed E-state index contributed by atoms with van der Waals surface area (Å²) in [6, 6.07) is 10.4. The van der Waals surface area contributed by atoms with Gasteiger partial charge in [0.05, 0.1) is 5.71 Å². The number of nitrogens with zero attached hydrogens (tertiary/aromatic N) is 2. The molecule has 1 heterocycles. The monoisotopic (exact) mass is 254 g/mol. The van der Waals surface area contributed by atoms with Crippen LogP contribution in [-0.2, 0) is 11.3 Å². The lowest BCUT2D eigenvalue weighted by Gasteiger charge is -2.13. The summed E-state index contributed by atoms with van der Waals surface area (Å²) in [5.41, 5.74) is 2.45. The highest BCUT2D eigenvalue weighted by atomic mass is 35.5. The molecule has 94 valence electrons. The molecule has 2 rings (SSSR count). The molecule has 0 saturated heterocycles. The summed E-state index contributed by atoms with van der Waals surface area (Å²) >= 11 is 0. The maximum Gasteiger partial charge on any atom is 0.145 e. The van der Waals surface area contributed by atoms with Crippen molar-refractivity contribution in [3.63, 3.8) is 0 Å². The van der Waals surface area contributed by atoms with E-state index in [1.165, 1.54) is 5.56 Å². The fourth-order valence-electron chi connectivity index (χ4n) is 1.93. The van der Waals surface area contributed by atoms with Crippen LogP contribution in [0.4, 0.5) is 0 Å². The quantitative estimate of drug-likeness (QED) is 0.824. The van der Waals surface area contributed by atoms with Crippen molar-refractivity contribution in [2.24, 2.45) is 5.16 Å². The first kappa shape index (κ1) is 14.0. The Kier molecular flexibility index (Phi) is 5.45. The molecule has 0 bridgehead atoms. The lowest BCUT2D eigenvalue weighted by Crippen LogP contribution is -2.26. The van der Waals surface area contributed by atoms with E-state index in [0.29, 0.717) is 0 Å². The number of rotatable bonds is 4. The zero-order chi connectivity index (χ0) is 11.4. The Morgan fingerprint density at radius 3 is 2.65 bits per heavy atom. The second kappa shape index (κ2) is 6.62. The molecule has 1 aliphatic heterocycles. The molecule has 0 fully saturated rings. The van der Waals surface area contributed by atoms with Gasteiger partial charge in [-0.15, -0.1) is 12.4 Å². The van der Waals surface area contributed by atoms with E-state index in [2.05, 4.69) is 48.4 Å². The van der Waals surface area contributed by atoms with Gasteiger partial charge in [0.25, 0.3) is 0 Å². The zero-order valence-electron chi connectivity index (χ0n) is 10.3. The zero-order valence-corrected chi connectivity index (χ0v) is 11.1. The normalized spacial score (nSPS) is 18.5. The minimum absolute atomic E-state index is 0. The smallest absolute Gasteiger partial charge is 0.145 e. The highest BCUT2D eigenvalue weighted by Gasteiger charge is 2.21. The van der Waals surface area contributed by atoms with Gasteiger partial charge in [0.15, 0.2) is 0 Å². The predicted octanol–water partition coefficient (Wildman–Crippen LogP) is 2.36. The number of benzene rings is 1. The summed E-state index contributed by atoms with van der Waals surface area (Å²) in [7, 11) is 4.11. The Labute approximate surface area is 109 Å². The average Bonchev–Trinajstić information content (AvgIpc) is 2.66. The van der Waals surface area contributed by atoms with E-state index in [9.17, 15) is 0 Å². The SMILES string of the molecule is CN(C)CC1CC(Cc2ccccc2)=NO1.Cl. The third kappa shape index (κ3) is 4.36. The maximum absolute atomic E-state index is 5.39. The largest absolute Gasteiger partial charge is 0.391 e. The summed E-state index contributed by atoms with van der Waals surface area (Å²) in [5.74, 6) is 0. The van der Waals surface area contributed by atoms with Crippen LogP contribution < -0.4 is 0 Å². The van der Waals surface area contributed by atoms with Crippen LogP contribution in [0.1, 0.15) is 12.0 Å². The van der Waals surface area contributed by atoms with Crippen molar-refractivity contribution in [2.45, 2.75) is 18.9 Å². The summed E-state index contributed by atoms with van der Waals surface area (Å²) < 4.78 is 0. The molecule has 0 amide bonds. The van der Waals surface area contributed by atoms with Gasteiger partial charge in [-0.2, -0.15) is 0 Å². The lowest BCUT2D eigenvalue weighted by molar-refractivity contribution is 0.0650. The predicted molar refractivity (Wildman–Crippen MR) is 72.9 cm³/mol. The van der Waals surface area contributed by atoms with E-state index in [1.54, 1.807) is 0 Å². The molecule has 17 heavy (non-hydrogen) atoms. The van der Waals surface area contributed by atoms with Gasteiger partial charge in [-0.1, -0.05) is 35.5 Å². The van der Waals surface area contributed by atoms with Crippen LogP contribution in [-0.4, -0.2) is 37.4 Å². The van der Waals surface area contributed by atoms with Crippen molar-refractivity contribution in [1.29, 1.82) is 0 Å². The Morgan fingerprint density at radius 1 is 1.29 bits per heavy atom. The van der Waals surface area contributed by atoms with Gasteiger partial charge in [-0.3, -0.25) is 0 Å². The minimum atomic E-state index is 0. The lowest BCUT2D eigenvalue weighted by atomic mass is 10.0. The van der Waals surface area contributed by atoms with E-state index >= 15 is 0 Å². The summed E-state index contributed by atoms with van der Waals surface area (Å²) in [6.07, 6.45) is 2.09. The third-order valence-corrected chi connectivity index (χ3v) is 2.61. The molecule has 0 aromatic heterocycles.